The molecule has 0 heterocycles. The summed E-state index contributed by atoms with van der Waals surface area (Å²) in [7, 11) is 0. The maximum Gasteiger partial charge on any atom is 0.338 e. The number of aryl methyl sites for hydroxylation is 1. The van der Waals surface area contributed by atoms with Crippen molar-refractivity contribution in [3.05, 3.63) is 35.4 Å². The van der Waals surface area contributed by atoms with Crippen LogP contribution in [0.4, 0.5) is 0 Å². The molecule has 3 nitrogen and oxygen atoms in total. The summed E-state index contributed by atoms with van der Waals surface area (Å²) in [6, 6.07) is 8.01. The molecule has 0 aliphatic carbocycles. The number of carbonyl (C=O) groups excluding carboxylic acids is 1. The molecule has 18 heavy (non-hydrogen) atoms. The molecule has 0 saturated carbocycles. The molecular formula is C13H16BrClO3. The summed E-state index contributed by atoms with van der Waals surface area (Å²) in [4.78, 5) is 10.2. The summed E-state index contributed by atoms with van der Waals surface area (Å²) in [6.07, 6.45) is 0.394. The van der Waals surface area contributed by atoms with Crippen molar-refractivity contribution in [2.75, 3.05) is 6.61 Å². The molecule has 5 heteroatoms. The minimum absolute atomic E-state index is 0.394. The number of hydrogen-bond acceptors (Lipinski definition) is 3. The normalized spacial score (nSPS) is 14.0. The van der Waals surface area contributed by atoms with Crippen molar-refractivity contribution >= 4 is 33.8 Å². The number of hydrogen-bond donors (Lipinski definition) is 0. The minimum Gasteiger partial charge on any atom is -0.382 e. The first kappa shape index (κ1) is 15.5. The van der Waals surface area contributed by atoms with E-state index in [1.165, 1.54) is 5.56 Å². The second kappa shape index (κ2) is 7.12. The summed E-state index contributed by atoms with van der Waals surface area (Å²) in [5.41, 5.74) is 2.32. The highest BCUT2D eigenvalue weighted by Crippen LogP contribution is 2.22. The van der Waals surface area contributed by atoms with Crippen LogP contribution >= 0.6 is 27.9 Å². The molecule has 0 amide bonds. The van der Waals surface area contributed by atoms with Crippen molar-refractivity contribution in [1.29, 1.82) is 0 Å². The SMILES string of the molecule is Cc1ccccc1COCCC(C)(Cl)C(=O)OBr. The van der Waals surface area contributed by atoms with E-state index in [2.05, 4.69) is 20.1 Å². The van der Waals surface area contributed by atoms with E-state index in [1.54, 1.807) is 6.92 Å². The molecule has 0 radical (unpaired) electrons. The average molecular weight is 336 g/mol. The van der Waals surface area contributed by atoms with Crippen LogP contribution in [0.25, 0.3) is 0 Å². The van der Waals surface area contributed by atoms with Gasteiger partial charge in [-0.1, -0.05) is 24.3 Å². The first-order chi connectivity index (χ1) is 8.47. The molecule has 0 bridgehead atoms. The highest BCUT2D eigenvalue weighted by atomic mass is 79.9. The number of ether oxygens (including phenoxy) is 1. The molecule has 1 atom stereocenters. The van der Waals surface area contributed by atoms with Gasteiger partial charge in [-0.15, -0.1) is 11.6 Å². The average Bonchev–Trinajstić information content (AvgIpc) is 2.35. The molecule has 0 fully saturated rings. The zero-order chi connectivity index (χ0) is 13.6. The van der Waals surface area contributed by atoms with E-state index >= 15 is 0 Å². The van der Waals surface area contributed by atoms with Gasteiger partial charge in [0.2, 0.25) is 0 Å². The van der Waals surface area contributed by atoms with E-state index in [4.69, 9.17) is 16.3 Å². The van der Waals surface area contributed by atoms with Gasteiger partial charge in [0, 0.05) is 13.0 Å². The van der Waals surface area contributed by atoms with Gasteiger partial charge in [0.15, 0.2) is 16.3 Å². The lowest BCUT2D eigenvalue weighted by Crippen LogP contribution is -2.30. The van der Waals surface area contributed by atoms with Crippen LogP contribution in [0, 0.1) is 6.92 Å². The largest absolute Gasteiger partial charge is 0.382 e. The van der Waals surface area contributed by atoms with Gasteiger partial charge >= 0.3 is 5.97 Å². The lowest BCUT2D eigenvalue weighted by Gasteiger charge is -2.17. The van der Waals surface area contributed by atoms with Gasteiger partial charge < -0.3 is 8.57 Å². The summed E-state index contributed by atoms with van der Waals surface area (Å²) in [5, 5.41) is 0. The Labute approximate surface area is 121 Å². The number of alkyl halides is 1. The Bertz CT molecular complexity index is 407. The smallest absolute Gasteiger partial charge is 0.338 e. The molecule has 1 aromatic carbocycles. The molecule has 100 valence electrons. The van der Waals surface area contributed by atoms with Crippen molar-refractivity contribution in [1.82, 2.24) is 0 Å². The van der Waals surface area contributed by atoms with Crippen molar-refractivity contribution in [2.45, 2.75) is 31.7 Å². The third kappa shape index (κ3) is 4.59. The van der Waals surface area contributed by atoms with Gasteiger partial charge in [-0.05, 0) is 25.0 Å². The van der Waals surface area contributed by atoms with Gasteiger partial charge in [-0.2, -0.15) is 0 Å². The molecule has 0 aromatic heterocycles. The molecule has 1 unspecified atom stereocenters. The fraction of sp³-hybridized carbons (Fsp3) is 0.462. The van der Waals surface area contributed by atoms with Crippen molar-refractivity contribution < 1.29 is 13.4 Å². The van der Waals surface area contributed by atoms with Crippen LogP contribution in [-0.4, -0.2) is 17.5 Å². The van der Waals surface area contributed by atoms with Crippen LogP contribution in [-0.2, 0) is 20.0 Å². The van der Waals surface area contributed by atoms with Crippen molar-refractivity contribution in [3.8, 4) is 0 Å². The fourth-order valence-electron chi connectivity index (χ4n) is 1.40. The van der Waals surface area contributed by atoms with Gasteiger partial charge in [0.25, 0.3) is 0 Å². The summed E-state index contributed by atoms with van der Waals surface area (Å²) >= 11 is 8.65. The van der Waals surface area contributed by atoms with Crippen molar-refractivity contribution in [3.63, 3.8) is 0 Å². The minimum atomic E-state index is -1.06. The lowest BCUT2D eigenvalue weighted by atomic mass is 10.1. The van der Waals surface area contributed by atoms with E-state index in [1.807, 2.05) is 31.2 Å². The molecule has 0 aliphatic rings. The Morgan fingerprint density at radius 3 is 2.72 bits per heavy atom. The standard InChI is InChI=1S/C13H16BrClO3/c1-10-5-3-4-6-11(10)9-17-8-7-13(2,15)12(16)18-14/h3-6H,7-9H2,1-2H3. The van der Waals surface area contributed by atoms with Crippen LogP contribution in [0.1, 0.15) is 24.5 Å². The fourth-order valence-corrected chi connectivity index (χ4v) is 1.97. The summed E-state index contributed by atoms with van der Waals surface area (Å²) in [6.45, 7) is 4.56. The molecule has 0 aliphatic heterocycles. The topological polar surface area (TPSA) is 35.5 Å². The summed E-state index contributed by atoms with van der Waals surface area (Å²) in [5.74, 6) is -0.511. The van der Waals surface area contributed by atoms with Crippen LogP contribution in [0.5, 0.6) is 0 Å². The van der Waals surface area contributed by atoms with Crippen molar-refractivity contribution in [2.24, 2.45) is 0 Å². The van der Waals surface area contributed by atoms with Gasteiger partial charge in [-0.25, -0.2) is 4.79 Å². The van der Waals surface area contributed by atoms with Gasteiger partial charge in [0.05, 0.1) is 6.61 Å². The van der Waals surface area contributed by atoms with E-state index in [0.717, 1.165) is 5.56 Å². The number of carbonyl (C=O) groups is 1. The summed E-state index contributed by atoms with van der Waals surface area (Å²) < 4.78 is 9.96. The third-order valence-corrected chi connectivity index (χ3v) is 3.37. The van der Waals surface area contributed by atoms with E-state index in [-0.39, 0.29) is 0 Å². The monoisotopic (exact) mass is 334 g/mol. The zero-order valence-electron chi connectivity index (χ0n) is 10.4. The van der Waals surface area contributed by atoms with Crippen LogP contribution in [0.15, 0.2) is 24.3 Å². The molecule has 1 aromatic rings. The number of halogens is 2. The third-order valence-electron chi connectivity index (χ3n) is 2.73. The van der Waals surface area contributed by atoms with E-state index in [0.29, 0.717) is 19.6 Å². The predicted molar refractivity (Wildman–Crippen MR) is 74.7 cm³/mol. The molecule has 0 spiro atoms. The van der Waals surface area contributed by atoms with Crippen LogP contribution in [0.3, 0.4) is 0 Å². The highest BCUT2D eigenvalue weighted by Gasteiger charge is 2.31. The highest BCUT2D eigenvalue weighted by molar-refractivity contribution is 9.06. The lowest BCUT2D eigenvalue weighted by molar-refractivity contribution is -0.135. The maximum atomic E-state index is 11.3. The Kier molecular flexibility index (Phi) is 6.12. The van der Waals surface area contributed by atoms with Gasteiger partial charge in [0.1, 0.15) is 4.87 Å². The quantitative estimate of drug-likeness (QED) is 0.586. The Hall–Kier alpha value is -0.580. The molecule has 0 saturated heterocycles. The number of benzene rings is 1. The van der Waals surface area contributed by atoms with Crippen LogP contribution < -0.4 is 0 Å². The molecular weight excluding hydrogens is 319 g/mol. The maximum absolute atomic E-state index is 11.3. The zero-order valence-corrected chi connectivity index (χ0v) is 12.8. The predicted octanol–water partition coefficient (Wildman–Crippen LogP) is 3.75. The first-order valence-corrected chi connectivity index (χ1v) is 6.64. The molecule has 0 N–H and O–H groups in total. The van der Waals surface area contributed by atoms with E-state index < -0.39 is 10.8 Å². The number of rotatable bonds is 6. The first-order valence-electron chi connectivity index (χ1n) is 5.61. The van der Waals surface area contributed by atoms with Gasteiger partial charge in [-0.3, -0.25) is 0 Å². The van der Waals surface area contributed by atoms with E-state index in [9.17, 15) is 4.79 Å². The Morgan fingerprint density at radius 2 is 2.11 bits per heavy atom. The Morgan fingerprint density at radius 1 is 1.44 bits per heavy atom. The molecule has 1 rings (SSSR count). The second-order valence-corrected chi connectivity index (χ2v) is 5.45. The second-order valence-electron chi connectivity index (χ2n) is 4.29. The van der Waals surface area contributed by atoms with Crippen LogP contribution in [0.2, 0.25) is 0 Å². The Balaban J connectivity index is 2.35.